The molecule has 0 aliphatic heterocycles. The highest BCUT2D eigenvalue weighted by molar-refractivity contribution is 5.95. The van der Waals surface area contributed by atoms with Crippen LogP contribution in [0.25, 0.3) is 22.0 Å². The van der Waals surface area contributed by atoms with Gasteiger partial charge in [0, 0.05) is 11.1 Å². The average Bonchev–Trinajstić information content (AvgIpc) is 3.22. The number of nitrogens with one attached hydrogen (secondary N) is 1. The van der Waals surface area contributed by atoms with Crippen LogP contribution in [0.1, 0.15) is 17.5 Å². The van der Waals surface area contributed by atoms with Crippen molar-refractivity contribution in [1.29, 1.82) is 0 Å². The summed E-state index contributed by atoms with van der Waals surface area (Å²) in [7, 11) is 3.16. The van der Waals surface area contributed by atoms with Crippen LogP contribution in [0.5, 0.6) is 11.5 Å². The largest absolute Gasteiger partial charge is 0.497 e. The molecule has 4 aromatic rings. The van der Waals surface area contributed by atoms with E-state index >= 15 is 0 Å². The van der Waals surface area contributed by atoms with Crippen LogP contribution in [0.4, 0.5) is 0 Å². The highest BCUT2D eigenvalue weighted by Crippen LogP contribution is 2.33. The fourth-order valence-corrected chi connectivity index (χ4v) is 3.27. The molecule has 5 nitrogen and oxygen atoms in total. The van der Waals surface area contributed by atoms with Gasteiger partial charge in [0.1, 0.15) is 23.4 Å². The molecular weight excluding hydrogens is 340 g/mol. The van der Waals surface area contributed by atoms with Crippen molar-refractivity contribution in [2.75, 3.05) is 14.2 Å². The summed E-state index contributed by atoms with van der Waals surface area (Å²) < 4.78 is 10.6. The van der Waals surface area contributed by atoms with E-state index in [2.05, 4.69) is 28.2 Å². The number of aromatic amines is 1. The molecule has 136 valence electrons. The summed E-state index contributed by atoms with van der Waals surface area (Å²) >= 11 is 0. The van der Waals surface area contributed by atoms with Gasteiger partial charge in [-0.15, -0.1) is 0 Å². The number of fused-ring (bicyclic) bond motifs is 1. The van der Waals surface area contributed by atoms with Crippen LogP contribution < -0.4 is 9.47 Å². The molecule has 0 spiro atoms. The Morgan fingerprint density at radius 1 is 0.963 bits per heavy atom. The molecule has 3 aromatic carbocycles. The Bertz CT molecular complexity index is 1080. The predicted octanol–water partition coefficient (Wildman–Crippen LogP) is 4.33. The number of aliphatic hydroxyl groups excluding tert-OH is 1. The van der Waals surface area contributed by atoms with E-state index in [9.17, 15) is 5.11 Å². The lowest BCUT2D eigenvalue weighted by molar-refractivity contribution is 0.205. The number of ether oxygens (including phenoxy) is 2. The van der Waals surface area contributed by atoms with Crippen molar-refractivity contribution >= 4 is 10.8 Å². The third kappa shape index (κ3) is 3.13. The fraction of sp³-hybridized carbons (Fsp3) is 0.136. The summed E-state index contributed by atoms with van der Waals surface area (Å²) in [4.78, 5) is 7.66. The minimum atomic E-state index is -0.959. The van der Waals surface area contributed by atoms with Gasteiger partial charge in [-0.05, 0) is 29.0 Å². The molecular formula is C22H20N2O3. The van der Waals surface area contributed by atoms with E-state index in [1.165, 1.54) is 0 Å². The number of nitrogens with zero attached hydrogens (tertiary/aromatic N) is 1. The molecule has 1 aromatic heterocycles. The second-order valence-electron chi connectivity index (χ2n) is 6.22. The first kappa shape index (κ1) is 17.1. The van der Waals surface area contributed by atoms with Crippen molar-refractivity contribution in [2.45, 2.75) is 6.10 Å². The lowest BCUT2D eigenvalue weighted by Crippen LogP contribution is -2.05. The molecule has 1 unspecified atom stereocenters. The van der Waals surface area contributed by atoms with Crippen LogP contribution in [0.3, 0.4) is 0 Å². The zero-order valence-electron chi connectivity index (χ0n) is 15.1. The molecule has 0 bridgehead atoms. The van der Waals surface area contributed by atoms with Crippen molar-refractivity contribution in [3.05, 3.63) is 78.2 Å². The van der Waals surface area contributed by atoms with E-state index < -0.39 is 6.10 Å². The number of methoxy groups -OCH3 is 2. The van der Waals surface area contributed by atoms with Crippen LogP contribution >= 0.6 is 0 Å². The van der Waals surface area contributed by atoms with E-state index in [1.54, 1.807) is 38.6 Å². The van der Waals surface area contributed by atoms with Gasteiger partial charge in [-0.1, -0.05) is 42.5 Å². The van der Waals surface area contributed by atoms with Gasteiger partial charge in [-0.2, -0.15) is 0 Å². The average molecular weight is 360 g/mol. The first-order valence-corrected chi connectivity index (χ1v) is 8.64. The molecule has 0 saturated carbocycles. The van der Waals surface area contributed by atoms with E-state index in [0.29, 0.717) is 22.9 Å². The first-order chi connectivity index (χ1) is 13.2. The predicted molar refractivity (Wildman–Crippen MR) is 105 cm³/mol. The Balaban J connectivity index is 1.74. The van der Waals surface area contributed by atoms with Crippen LogP contribution in [-0.4, -0.2) is 29.3 Å². The van der Waals surface area contributed by atoms with Gasteiger partial charge < -0.3 is 19.6 Å². The molecule has 27 heavy (non-hydrogen) atoms. The van der Waals surface area contributed by atoms with Crippen LogP contribution in [0.15, 0.2) is 66.9 Å². The smallest absolute Gasteiger partial charge is 0.140 e. The van der Waals surface area contributed by atoms with Crippen LogP contribution in [0.2, 0.25) is 0 Å². The number of imidazole rings is 1. The lowest BCUT2D eigenvalue weighted by atomic mass is 10.0. The highest BCUT2D eigenvalue weighted by Gasteiger charge is 2.20. The van der Waals surface area contributed by atoms with E-state index in [-0.39, 0.29) is 0 Å². The number of H-pyrrole nitrogens is 1. The number of benzene rings is 3. The van der Waals surface area contributed by atoms with Crippen molar-refractivity contribution < 1.29 is 14.6 Å². The lowest BCUT2D eigenvalue weighted by Gasteiger charge is -2.14. The summed E-state index contributed by atoms with van der Waals surface area (Å²) in [6.45, 7) is 0. The maximum Gasteiger partial charge on any atom is 0.140 e. The van der Waals surface area contributed by atoms with Gasteiger partial charge in [0.15, 0.2) is 0 Å². The second kappa shape index (κ2) is 7.13. The number of hydrogen-bond donors (Lipinski definition) is 2. The first-order valence-electron chi connectivity index (χ1n) is 8.64. The van der Waals surface area contributed by atoms with Crippen molar-refractivity contribution in [1.82, 2.24) is 9.97 Å². The molecule has 1 atom stereocenters. The van der Waals surface area contributed by atoms with E-state index in [4.69, 9.17) is 9.47 Å². The third-order valence-corrected chi connectivity index (χ3v) is 4.67. The zero-order chi connectivity index (χ0) is 18.8. The van der Waals surface area contributed by atoms with Gasteiger partial charge >= 0.3 is 0 Å². The normalized spacial score (nSPS) is 12.1. The topological polar surface area (TPSA) is 67.4 Å². The minimum absolute atomic E-state index is 0.449. The fourth-order valence-electron chi connectivity index (χ4n) is 3.27. The molecule has 0 saturated heterocycles. The third-order valence-electron chi connectivity index (χ3n) is 4.67. The quantitative estimate of drug-likeness (QED) is 0.556. The molecule has 2 N–H and O–H groups in total. The molecule has 0 radical (unpaired) electrons. The SMILES string of the molecule is COc1ccc(OC)c(C(O)c2ncc(-c3cccc4ccccc34)[nH]2)c1. The molecule has 0 amide bonds. The second-order valence-corrected chi connectivity index (χ2v) is 6.22. The summed E-state index contributed by atoms with van der Waals surface area (Å²) in [6.07, 6.45) is 0.784. The Hall–Kier alpha value is -3.31. The monoisotopic (exact) mass is 360 g/mol. The van der Waals surface area contributed by atoms with E-state index in [1.807, 2.05) is 24.3 Å². The maximum atomic E-state index is 10.9. The van der Waals surface area contributed by atoms with Gasteiger partial charge in [-0.3, -0.25) is 0 Å². The van der Waals surface area contributed by atoms with Crippen LogP contribution in [-0.2, 0) is 0 Å². The molecule has 0 fully saturated rings. The zero-order valence-corrected chi connectivity index (χ0v) is 15.1. The summed E-state index contributed by atoms with van der Waals surface area (Å²) in [6, 6.07) is 19.6. The van der Waals surface area contributed by atoms with Gasteiger partial charge in [0.2, 0.25) is 0 Å². The van der Waals surface area contributed by atoms with Crippen molar-refractivity contribution in [2.24, 2.45) is 0 Å². The van der Waals surface area contributed by atoms with Gasteiger partial charge in [0.25, 0.3) is 0 Å². The highest BCUT2D eigenvalue weighted by atomic mass is 16.5. The molecule has 4 rings (SSSR count). The maximum absolute atomic E-state index is 10.9. The van der Waals surface area contributed by atoms with Gasteiger partial charge in [-0.25, -0.2) is 4.98 Å². The molecule has 0 aliphatic carbocycles. The van der Waals surface area contributed by atoms with Crippen LogP contribution in [0, 0.1) is 0 Å². The summed E-state index contributed by atoms with van der Waals surface area (Å²) in [5.41, 5.74) is 2.48. The molecule has 0 aliphatic rings. The summed E-state index contributed by atoms with van der Waals surface area (Å²) in [5, 5.41) is 13.2. The molecule has 1 heterocycles. The Kier molecular flexibility index (Phi) is 4.52. The Morgan fingerprint density at radius 3 is 2.59 bits per heavy atom. The minimum Gasteiger partial charge on any atom is -0.497 e. The summed E-state index contributed by atoms with van der Waals surface area (Å²) in [5.74, 6) is 1.67. The van der Waals surface area contributed by atoms with Crippen molar-refractivity contribution in [3.63, 3.8) is 0 Å². The number of aromatic nitrogens is 2. The van der Waals surface area contributed by atoms with Gasteiger partial charge in [0.05, 0.1) is 26.1 Å². The Morgan fingerprint density at radius 2 is 1.78 bits per heavy atom. The Labute approximate surface area is 157 Å². The number of hydrogen-bond acceptors (Lipinski definition) is 4. The number of rotatable bonds is 5. The van der Waals surface area contributed by atoms with E-state index in [0.717, 1.165) is 22.0 Å². The van der Waals surface area contributed by atoms with Crippen molar-refractivity contribution in [3.8, 4) is 22.8 Å². The standard InChI is InChI=1S/C22H20N2O3/c1-26-15-10-11-20(27-2)18(12-15)21(25)22-23-13-19(24-22)17-9-5-7-14-6-3-4-8-16(14)17/h3-13,21,25H,1-2H3,(H,23,24). The number of aliphatic hydroxyl groups is 1. The molecule has 5 heteroatoms.